The Kier molecular flexibility index (Phi) is 5.29. The van der Waals surface area contributed by atoms with Gasteiger partial charge < -0.3 is 16.2 Å². The van der Waals surface area contributed by atoms with E-state index in [4.69, 9.17) is 5.73 Å². The topological polar surface area (TPSA) is 92.4 Å². The lowest BCUT2D eigenvalue weighted by atomic mass is 9.75. The van der Waals surface area contributed by atoms with Crippen molar-refractivity contribution < 1.29 is 27.9 Å². The lowest BCUT2D eigenvalue weighted by Crippen LogP contribution is -2.57. The van der Waals surface area contributed by atoms with E-state index in [9.17, 15) is 27.9 Å². The van der Waals surface area contributed by atoms with Crippen LogP contribution in [-0.4, -0.2) is 22.5 Å². The standard InChI is InChI=1S/C17H21F3N2O3/c1-16(15(24)25,10-5-3-2-4-6-10)22-14(23)12-8-7-11(9-13(12)21)17(18,19)20/h7-10H,2-6,21H2,1H3,(H,22,23)(H,24,25). The number of aliphatic carboxylic acids is 1. The predicted molar refractivity (Wildman–Crippen MR) is 85.9 cm³/mol. The largest absolute Gasteiger partial charge is 0.480 e. The van der Waals surface area contributed by atoms with E-state index in [2.05, 4.69) is 5.32 Å². The third-order valence-electron chi connectivity index (χ3n) is 4.86. The van der Waals surface area contributed by atoms with Gasteiger partial charge in [0.1, 0.15) is 5.54 Å². The number of carboxylic acids is 1. The fraction of sp³-hybridized carbons (Fsp3) is 0.529. The first-order valence-corrected chi connectivity index (χ1v) is 8.08. The maximum absolute atomic E-state index is 12.7. The number of nitrogens with one attached hydrogen (secondary N) is 1. The average Bonchev–Trinajstić information content (AvgIpc) is 2.54. The molecule has 1 aromatic carbocycles. The Morgan fingerprint density at radius 3 is 2.28 bits per heavy atom. The molecule has 0 aromatic heterocycles. The Bertz CT molecular complexity index is 670. The molecule has 8 heteroatoms. The summed E-state index contributed by atoms with van der Waals surface area (Å²) in [5.74, 6) is -2.20. The number of rotatable bonds is 4. The van der Waals surface area contributed by atoms with Crippen molar-refractivity contribution in [3.05, 3.63) is 29.3 Å². The number of carbonyl (C=O) groups excluding carboxylic acids is 1. The minimum atomic E-state index is -4.57. The van der Waals surface area contributed by atoms with Gasteiger partial charge in [-0.1, -0.05) is 19.3 Å². The SMILES string of the molecule is CC(NC(=O)c1ccc(C(F)(F)F)cc1N)(C(=O)O)C1CCCCC1. The zero-order chi connectivity index (χ0) is 18.8. The number of hydrogen-bond donors (Lipinski definition) is 3. The molecule has 1 saturated carbocycles. The molecule has 0 aliphatic heterocycles. The molecule has 25 heavy (non-hydrogen) atoms. The molecular formula is C17H21F3N2O3. The predicted octanol–water partition coefficient (Wildman–Crippen LogP) is 3.44. The Balaban J connectivity index is 2.25. The van der Waals surface area contributed by atoms with Crippen LogP contribution < -0.4 is 11.1 Å². The number of hydrogen-bond acceptors (Lipinski definition) is 3. The fourth-order valence-corrected chi connectivity index (χ4v) is 3.26. The fourth-order valence-electron chi connectivity index (χ4n) is 3.26. The van der Waals surface area contributed by atoms with Crippen molar-refractivity contribution in [1.29, 1.82) is 0 Å². The molecule has 138 valence electrons. The molecule has 1 fully saturated rings. The van der Waals surface area contributed by atoms with E-state index in [0.29, 0.717) is 18.9 Å². The van der Waals surface area contributed by atoms with Crippen molar-refractivity contribution in [1.82, 2.24) is 5.32 Å². The van der Waals surface area contributed by atoms with Crippen LogP contribution >= 0.6 is 0 Å². The molecule has 0 bridgehead atoms. The molecular weight excluding hydrogens is 337 g/mol. The molecule has 1 amide bonds. The Morgan fingerprint density at radius 1 is 1.20 bits per heavy atom. The van der Waals surface area contributed by atoms with Crippen LogP contribution in [0.25, 0.3) is 0 Å². The van der Waals surface area contributed by atoms with Crippen molar-refractivity contribution in [2.24, 2.45) is 5.92 Å². The Labute approximate surface area is 143 Å². The molecule has 0 spiro atoms. The lowest BCUT2D eigenvalue weighted by molar-refractivity contribution is -0.146. The van der Waals surface area contributed by atoms with Crippen molar-refractivity contribution in [3.63, 3.8) is 0 Å². The highest BCUT2D eigenvalue weighted by molar-refractivity contribution is 6.01. The Hall–Kier alpha value is -2.25. The molecule has 0 heterocycles. The lowest BCUT2D eigenvalue weighted by Gasteiger charge is -2.37. The van der Waals surface area contributed by atoms with Crippen LogP contribution in [0.2, 0.25) is 0 Å². The molecule has 2 rings (SSSR count). The molecule has 1 aliphatic carbocycles. The van der Waals surface area contributed by atoms with Crippen LogP contribution in [0.3, 0.4) is 0 Å². The van der Waals surface area contributed by atoms with Gasteiger partial charge >= 0.3 is 12.1 Å². The quantitative estimate of drug-likeness (QED) is 0.719. The second-order valence-corrected chi connectivity index (χ2v) is 6.60. The summed E-state index contributed by atoms with van der Waals surface area (Å²) in [4.78, 5) is 24.2. The average molecular weight is 358 g/mol. The number of carbonyl (C=O) groups is 2. The number of carboxylic acid groups (broad SMARTS) is 1. The molecule has 4 N–H and O–H groups in total. The molecule has 0 radical (unpaired) electrons. The summed E-state index contributed by atoms with van der Waals surface area (Å²) < 4.78 is 38.1. The van der Waals surface area contributed by atoms with Crippen molar-refractivity contribution in [2.75, 3.05) is 5.73 Å². The third-order valence-corrected chi connectivity index (χ3v) is 4.86. The molecule has 1 aromatic rings. The normalized spacial score (nSPS) is 18.4. The van der Waals surface area contributed by atoms with Gasteiger partial charge in [0.2, 0.25) is 0 Å². The van der Waals surface area contributed by atoms with Gasteiger partial charge in [0.25, 0.3) is 5.91 Å². The number of amides is 1. The highest BCUT2D eigenvalue weighted by Gasteiger charge is 2.43. The van der Waals surface area contributed by atoms with E-state index in [1.807, 2.05) is 0 Å². The minimum Gasteiger partial charge on any atom is -0.480 e. The monoisotopic (exact) mass is 358 g/mol. The highest BCUT2D eigenvalue weighted by atomic mass is 19.4. The smallest absolute Gasteiger partial charge is 0.416 e. The maximum atomic E-state index is 12.7. The van der Waals surface area contributed by atoms with Gasteiger partial charge in [0.05, 0.1) is 11.1 Å². The van der Waals surface area contributed by atoms with Crippen molar-refractivity contribution in [3.8, 4) is 0 Å². The van der Waals surface area contributed by atoms with Crippen LogP contribution in [-0.2, 0) is 11.0 Å². The van der Waals surface area contributed by atoms with Gasteiger partial charge in [-0.3, -0.25) is 4.79 Å². The van der Waals surface area contributed by atoms with Gasteiger partial charge in [-0.25, -0.2) is 4.79 Å². The van der Waals surface area contributed by atoms with E-state index in [-0.39, 0.29) is 17.2 Å². The van der Waals surface area contributed by atoms with Crippen molar-refractivity contribution >= 4 is 17.6 Å². The number of nitrogens with two attached hydrogens (primary N) is 1. The molecule has 1 aliphatic rings. The van der Waals surface area contributed by atoms with E-state index >= 15 is 0 Å². The summed E-state index contributed by atoms with van der Waals surface area (Å²) in [7, 11) is 0. The van der Waals surface area contributed by atoms with Crippen LogP contribution in [0.15, 0.2) is 18.2 Å². The highest BCUT2D eigenvalue weighted by Crippen LogP contribution is 2.34. The second-order valence-electron chi connectivity index (χ2n) is 6.60. The summed E-state index contributed by atoms with van der Waals surface area (Å²) in [6.45, 7) is 1.43. The number of halogens is 3. The molecule has 1 atom stereocenters. The van der Waals surface area contributed by atoms with Crippen LogP contribution in [0, 0.1) is 5.92 Å². The summed E-state index contributed by atoms with van der Waals surface area (Å²) in [5, 5.41) is 12.1. The second kappa shape index (κ2) is 6.93. The first-order chi connectivity index (χ1) is 11.6. The molecule has 1 unspecified atom stereocenters. The van der Waals surface area contributed by atoms with Crippen LogP contribution in [0.4, 0.5) is 18.9 Å². The number of anilines is 1. The Morgan fingerprint density at radius 2 is 1.80 bits per heavy atom. The number of nitrogen functional groups attached to an aromatic ring is 1. The summed E-state index contributed by atoms with van der Waals surface area (Å²) >= 11 is 0. The molecule has 0 saturated heterocycles. The van der Waals surface area contributed by atoms with Gasteiger partial charge in [-0.05, 0) is 43.9 Å². The van der Waals surface area contributed by atoms with Gasteiger partial charge in [0, 0.05) is 5.69 Å². The summed E-state index contributed by atoms with van der Waals surface area (Å²) in [6.07, 6.45) is -0.443. The maximum Gasteiger partial charge on any atom is 0.416 e. The summed E-state index contributed by atoms with van der Waals surface area (Å²) in [5.41, 5.74) is 2.61. The zero-order valence-electron chi connectivity index (χ0n) is 13.8. The van der Waals surface area contributed by atoms with Crippen LogP contribution in [0.1, 0.15) is 54.9 Å². The van der Waals surface area contributed by atoms with E-state index in [0.717, 1.165) is 31.4 Å². The number of alkyl halides is 3. The summed E-state index contributed by atoms with van der Waals surface area (Å²) in [6, 6.07) is 2.40. The molecule has 5 nitrogen and oxygen atoms in total. The van der Waals surface area contributed by atoms with Crippen molar-refractivity contribution in [2.45, 2.75) is 50.7 Å². The van der Waals surface area contributed by atoms with Crippen LogP contribution in [0.5, 0.6) is 0 Å². The van der Waals surface area contributed by atoms with E-state index < -0.39 is 29.2 Å². The first-order valence-electron chi connectivity index (χ1n) is 8.08. The number of benzene rings is 1. The first kappa shape index (κ1) is 19.1. The zero-order valence-corrected chi connectivity index (χ0v) is 13.8. The van der Waals surface area contributed by atoms with Gasteiger partial charge in [-0.15, -0.1) is 0 Å². The van der Waals surface area contributed by atoms with E-state index in [1.54, 1.807) is 0 Å². The third kappa shape index (κ3) is 4.05. The minimum absolute atomic E-state index is 0.170. The van der Waals surface area contributed by atoms with Gasteiger partial charge in [-0.2, -0.15) is 13.2 Å². The van der Waals surface area contributed by atoms with E-state index in [1.165, 1.54) is 6.92 Å². The van der Waals surface area contributed by atoms with Gasteiger partial charge in [0.15, 0.2) is 0 Å².